The fourth-order valence-electron chi connectivity index (χ4n) is 6.53. The van der Waals surface area contributed by atoms with E-state index in [1.54, 1.807) is 12.5 Å². The zero-order chi connectivity index (χ0) is 16.3. The summed E-state index contributed by atoms with van der Waals surface area (Å²) in [6.45, 7) is 7.53. The van der Waals surface area contributed by atoms with E-state index in [2.05, 4.69) is 20.8 Å². The average Bonchev–Trinajstić information content (AvgIpc) is 3.14. The molecule has 2 aliphatic carbocycles. The van der Waals surface area contributed by atoms with Crippen LogP contribution in [0.1, 0.15) is 71.0 Å². The molecular weight excluding hydrogens is 288 g/mol. The van der Waals surface area contributed by atoms with Crippen LogP contribution < -0.4 is 0 Å². The predicted octanol–water partition coefficient (Wildman–Crippen LogP) is 4.71. The minimum atomic E-state index is -0.347. The maximum absolute atomic E-state index is 10.3. The number of aliphatic hydroxyl groups is 1. The maximum Gasteiger partial charge on any atom is 0.0960 e. The Bertz CT molecular complexity index is 563. The van der Waals surface area contributed by atoms with Crippen molar-refractivity contribution in [2.75, 3.05) is 6.61 Å². The van der Waals surface area contributed by atoms with Gasteiger partial charge in [-0.15, -0.1) is 0 Å². The summed E-state index contributed by atoms with van der Waals surface area (Å²) in [5.74, 6) is 1.18. The van der Waals surface area contributed by atoms with Crippen molar-refractivity contribution >= 4 is 0 Å². The summed E-state index contributed by atoms with van der Waals surface area (Å²) < 4.78 is 11.8. The van der Waals surface area contributed by atoms with Gasteiger partial charge in [0.1, 0.15) is 0 Å². The molecule has 3 fully saturated rings. The molecule has 0 amide bonds. The Morgan fingerprint density at radius 3 is 2.70 bits per heavy atom. The molecule has 0 aromatic carbocycles. The number of rotatable bonds is 2. The molecule has 1 saturated heterocycles. The number of aliphatic hydroxyl groups excluding tert-OH is 1. The van der Waals surface area contributed by atoms with Crippen molar-refractivity contribution in [3.63, 3.8) is 0 Å². The van der Waals surface area contributed by atoms with Crippen LogP contribution in [0.2, 0.25) is 0 Å². The summed E-state index contributed by atoms with van der Waals surface area (Å²) in [5, 5.41) is 10.3. The van der Waals surface area contributed by atoms with E-state index >= 15 is 0 Å². The number of ether oxygens (including phenoxy) is 1. The van der Waals surface area contributed by atoms with Crippen LogP contribution in [0.5, 0.6) is 0 Å². The highest BCUT2D eigenvalue weighted by Crippen LogP contribution is 2.67. The zero-order valence-corrected chi connectivity index (χ0v) is 14.7. The Labute approximate surface area is 139 Å². The first-order valence-corrected chi connectivity index (χ1v) is 9.22. The van der Waals surface area contributed by atoms with Gasteiger partial charge in [0.15, 0.2) is 0 Å². The molecule has 2 saturated carbocycles. The summed E-state index contributed by atoms with van der Waals surface area (Å²) in [6, 6.07) is 2.01. The normalized spacial score (nSPS) is 45.5. The molecule has 4 rings (SSSR count). The second-order valence-corrected chi connectivity index (χ2v) is 9.11. The fraction of sp³-hybridized carbons (Fsp3) is 0.800. The van der Waals surface area contributed by atoms with Crippen molar-refractivity contribution in [3.05, 3.63) is 24.2 Å². The Morgan fingerprint density at radius 2 is 2.00 bits per heavy atom. The monoisotopic (exact) mass is 318 g/mol. The number of fused-ring (bicyclic) bond motifs is 3. The van der Waals surface area contributed by atoms with Crippen molar-refractivity contribution in [2.45, 2.75) is 71.0 Å². The van der Waals surface area contributed by atoms with Gasteiger partial charge in [-0.1, -0.05) is 27.2 Å². The number of furan rings is 1. The predicted molar refractivity (Wildman–Crippen MR) is 88.9 cm³/mol. The molecule has 5 atom stereocenters. The van der Waals surface area contributed by atoms with E-state index in [0.29, 0.717) is 11.3 Å². The van der Waals surface area contributed by atoms with Crippen LogP contribution in [0.3, 0.4) is 0 Å². The molecular formula is C20H30O3. The average molecular weight is 318 g/mol. The lowest BCUT2D eigenvalue weighted by molar-refractivity contribution is -0.179. The molecule has 1 aromatic rings. The van der Waals surface area contributed by atoms with Crippen molar-refractivity contribution in [1.29, 1.82) is 0 Å². The van der Waals surface area contributed by atoms with Crippen LogP contribution in [-0.2, 0) is 4.74 Å². The van der Waals surface area contributed by atoms with Crippen LogP contribution in [0.4, 0.5) is 0 Å². The molecule has 128 valence electrons. The highest BCUT2D eigenvalue weighted by atomic mass is 16.5. The van der Waals surface area contributed by atoms with E-state index in [-0.39, 0.29) is 23.7 Å². The van der Waals surface area contributed by atoms with Gasteiger partial charge in [0.2, 0.25) is 0 Å². The van der Waals surface area contributed by atoms with Gasteiger partial charge in [-0.2, -0.15) is 0 Å². The first-order chi connectivity index (χ1) is 10.9. The summed E-state index contributed by atoms with van der Waals surface area (Å²) in [7, 11) is 0. The fourth-order valence-corrected chi connectivity index (χ4v) is 6.53. The molecule has 3 heteroatoms. The molecule has 1 N–H and O–H groups in total. The highest BCUT2D eigenvalue weighted by Gasteiger charge is 2.63. The van der Waals surface area contributed by atoms with E-state index in [0.717, 1.165) is 24.3 Å². The molecule has 1 aromatic heterocycles. The Balaban J connectivity index is 1.71. The molecule has 0 spiro atoms. The van der Waals surface area contributed by atoms with E-state index in [1.165, 1.54) is 25.7 Å². The first-order valence-electron chi connectivity index (χ1n) is 9.22. The third-order valence-electron chi connectivity index (χ3n) is 7.57. The Kier molecular flexibility index (Phi) is 3.48. The summed E-state index contributed by atoms with van der Waals surface area (Å²) in [6.07, 6.45) is 10.7. The van der Waals surface area contributed by atoms with Gasteiger partial charge in [-0.05, 0) is 60.8 Å². The second-order valence-electron chi connectivity index (χ2n) is 9.11. The van der Waals surface area contributed by atoms with Gasteiger partial charge >= 0.3 is 0 Å². The molecule has 23 heavy (non-hydrogen) atoms. The number of hydrogen-bond acceptors (Lipinski definition) is 3. The minimum Gasteiger partial charge on any atom is -0.472 e. The lowest BCUT2D eigenvalue weighted by Crippen LogP contribution is -2.58. The van der Waals surface area contributed by atoms with Crippen LogP contribution in [-0.4, -0.2) is 17.3 Å². The van der Waals surface area contributed by atoms with E-state index < -0.39 is 0 Å². The van der Waals surface area contributed by atoms with Gasteiger partial charge in [0, 0.05) is 5.56 Å². The zero-order valence-electron chi connectivity index (χ0n) is 14.7. The molecule has 2 heterocycles. The van der Waals surface area contributed by atoms with Crippen LogP contribution in [0, 0.1) is 22.7 Å². The van der Waals surface area contributed by atoms with Crippen molar-refractivity contribution in [1.82, 2.24) is 0 Å². The molecule has 0 radical (unpaired) electrons. The maximum atomic E-state index is 10.3. The van der Waals surface area contributed by atoms with Crippen LogP contribution >= 0.6 is 0 Å². The van der Waals surface area contributed by atoms with Gasteiger partial charge in [-0.25, -0.2) is 0 Å². The van der Waals surface area contributed by atoms with Gasteiger partial charge < -0.3 is 14.3 Å². The van der Waals surface area contributed by atoms with Gasteiger partial charge in [0.05, 0.1) is 30.8 Å². The molecule has 0 unspecified atom stereocenters. The highest BCUT2D eigenvalue weighted by molar-refractivity contribution is 5.18. The number of hydrogen-bond donors (Lipinski definition) is 1. The van der Waals surface area contributed by atoms with Gasteiger partial charge in [0.25, 0.3) is 0 Å². The molecule has 0 bridgehead atoms. The Morgan fingerprint density at radius 1 is 1.17 bits per heavy atom. The van der Waals surface area contributed by atoms with Crippen molar-refractivity contribution in [3.8, 4) is 0 Å². The minimum absolute atomic E-state index is 0.0755. The topological polar surface area (TPSA) is 42.6 Å². The quantitative estimate of drug-likeness (QED) is 0.858. The molecule has 3 nitrogen and oxygen atoms in total. The SMILES string of the molecule is CC1(C)CCC[C@@]2(C)[C@H]1CC[C@@]1(CO)O[C@H](c3ccoc3)C[C@@H]12. The smallest absolute Gasteiger partial charge is 0.0960 e. The largest absolute Gasteiger partial charge is 0.472 e. The summed E-state index contributed by atoms with van der Waals surface area (Å²) in [5.41, 5.74) is 1.46. The van der Waals surface area contributed by atoms with Crippen molar-refractivity contribution < 1.29 is 14.3 Å². The van der Waals surface area contributed by atoms with E-state index in [1.807, 2.05) is 6.07 Å². The van der Waals surface area contributed by atoms with E-state index in [9.17, 15) is 5.11 Å². The third kappa shape index (κ3) is 2.16. The standard InChI is InChI=1S/C20H30O3/c1-18(2)7-4-8-19(3)16(18)5-9-20(13-21)17(19)11-15(23-20)14-6-10-22-12-14/h6,10,12,15-17,21H,4-5,7-9,11,13H2,1-3H3/t15-,16-,17+,19-,20-/m0/s1. The van der Waals surface area contributed by atoms with Crippen LogP contribution in [0.25, 0.3) is 0 Å². The summed E-state index contributed by atoms with van der Waals surface area (Å²) in [4.78, 5) is 0. The Hall–Kier alpha value is -0.800. The molecule has 1 aliphatic heterocycles. The lowest BCUT2D eigenvalue weighted by atomic mass is 9.45. The van der Waals surface area contributed by atoms with Crippen molar-refractivity contribution in [2.24, 2.45) is 22.7 Å². The lowest BCUT2D eigenvalue weighted by Gasteiger charge is -2.60. The third-order valence-corrected chi connectivity index (χ3v) is 7.57. The van der Waals surface area contributed by atoms with E-state index in [4.69, 9.17) is 9.15 Å². The molecule has 3 aliphatic rings. The second kappa shape index (κ2) is 5.10. The summed E-state index contributed by atoms with van der Waals surface area (Å²) >= 11 is 0. The first kappa shape index (κ1) is 15.7. The van der Waals surface area contributed by atoms with Crippen LogP contribution in [0.15, 0.2) is 23.0 Å². The van der Waals surface area contributed by atoms with Gasteiger partial charge in [-0.3, -0.25) is 0 Å².